The van der Waals surface area contributed by atoms with E-state index in [-0.39, 0.29) is 0 Å². The molecule has 56 valence electrons. The molecule has 1 atom stereocenters. The van der Waals surface area contributed by atoms with Crippen LogP contribution in [0.25, 0.3) is 0 Å². The second kappa shape index (κ2) is 3.05. The van der Waals surface area contributed by atoms with Crippen molar-refractivity contribution >= 4 is 0 Å². The molecule has 0 aromatic rings. The van der Waals surface area contributed by atoms with E-state index in [1.165, 1.54) is 36.8 Å². The monoisotopic (exact) mass is 136 g/mol. The second-order valence-electron chi connectivity index (χ2n) is 3.39. The van der Waals surface area contributed by atoms with E-state index in [0.29, 0.717) is 0 Å². The van der Waals surface area contributed by atoms with Gasteiger partial charge in [-0.3, -0.25) is 0 Å². The zero-order chi connectivity index (χ0) is 7.56. The molecule has 0 saturated heterocycles. The van der Waals surface area contributed by atoms with Gasteiger partial charge in [-0.15, -0.1) is 0 Å². The highest BCUT2D eigenvalue weighted by Gasteiger charge is 2.15. The fourth-order valence-corrected chi connectivity index (χ4v) is 1.57. The maximum absolute atomic E-state index is 4.01. The molecule has 0 nitrogen and oxygen atoms in total. The molecule has 0 heteroatoms. The molecule has 1 aliphatic rings. The summed E-state index contributed by atoms with van der Waals surface area (Å²) in [5.41, 5.74) is 2.75. The third-order valence-corrected chi connectivity index (χ3v) is 2.31. The van der Waals surface area contributed by atoms with Gasteiger partial charge in [0.05, 0.1) is 0 Å². The van der Waals surface area contributed by atoms with Crippen LogP contribution >= 0.6 is 0 Å². The molecule has 1 saturated carbocycles. The Labute approximate surface area is 63.6 Å². The summed E-state index contributed by atoms with van der Waals surface area (Å²) in [6, 6.07) is 0. The molecule has 1 aliphatic carbocycles. The van der Waals surface area contributed by atoms with Gasteiger partial charge in [-0.25, -0.2) is 0 Å². The molecule has 0 aliphatic heterocycles. The molecular formula is C10H16. The molecule has 1 unspecified atom stereocenters. The van der Waals surface area contributed by atoms with Crippen LogP contribution in [0.4, 0.5) is 0 Å². The Morgan fingerprint density at radius 2 is 2.30 bits per heavy atom. The average molecular weight is 136 g/mol. The van der Waals surface area contributed by atoms with E-state index in [1.807, 2.05) is 0 Å². The maximum atomic E-state index is 4.01. The molecule has 0 amide bonds. The maximum Gasteiger partial charge on any atom is -0.0171 e. The first-order valence-corrected chi connectivity index (χ1v) is 4.02. The third-order valence-electron chi connectivity index (χ3n) is 2.31. The van der Waals surface area contributed by atoms with Crippen molar-refractivity contribution in [2.45, 2.75) is 32.6 Å². The average Bonchev–Trinajstić information content (AvgIpc) is 1.88. The Hall–Kier alpha value is -0.520. The number of hydrogen-bond donors (Lipinski definition) is 0. The Morgan fingerprint density at radius 3 is 2.70 bits per heavy atom. The molecule has 0 heterocycles. The standard InChI is InChI=1S/C10H16/c1-8(2)10-6-4-5-9(3)7-10/h10H,1,3-7H2,2H3. The summed E-state index contributed by atoms with van der Waals surface area (Å²) in [7, 11) is 0. The molecule has 10 heavy (non-hydrogen) atoms. The van der Waals surface area contributed by atoms with Crippen LogP contribution in [-0.4, -0.2) is 0 Å². The molecule has 0 aromatic heterocycles. The lowest BCUT2D eigenvalue weighted by molar-refractivity contribution is 0.476. The SMILES string of the molecule is C=C1CCCC(C(=C)C)C1. The highest BCUT2D eigenvalue weighted by Crippen LogP contribution is 2.31. The van der Waals surface area contributed by atoms with Gasteiger partial charge >= 0.3 is 0 Å². The van der Waals surface area contributed by atoms with Gasteiger partial charge < -0.3 is 0 Å². The van der Waals surface area contributed by atoms with Crippen LogP contribution in [0.1, 0.15) is 32.6 Å². The minimum atomic E-state index is 0.737. The summed E-state index contributed by atoms with van der Waals surface area (Å²) in [4.78, 5) is 0. The van der Waals surface area contributed by atoms with E-state index in [4.69, 9.17) is 0 Å². The van der Waals surface area contributed by atoms with Crippen molar-refractivity contribution in [3.05, 3.63) is 24.3 Å². The minimum Gasteiger partial charge on any atom is -0.0998 e. The fourth-order valence-electron chi connectivity index (χ4n) is 1.57. The number of hydrogen-bond acceptors (Lipinski definition) is 0. The predicted octanol–water partition coefficient (Wildman–Crippen LogP) is 3.31. The largest absolute Gasteiger partial charge is 0.0998 e. The van der Waals surface area contributed by atoms with E-state index < -0.39 is 0 Å². The van der Waals surface area contributed by atoms with Crippen molar-refractivity contribution in [1.29, 1.82) is 0 Å². The third kappa shape index (κ3) is 1.73. The summed E-state index contributed by atoms with van der Waals surface area (Å²) < 4.78 is 0. The topological polar surface area (TPSA) is 0 Å². The molecule has 0 N–H and O–H groups in total. The van der Waals surface area contributed by atoms with Gasteiger partial charge in [0.1, 0.15) is 0 Å². The highest BCUT2D eigenvalue weighted by molar-refractivity contribution is 5.08. The zero-order valence-corrected chi connectivity index (χ0v) is 6.82. The van der Waals surface area contributed by atoms with Crippen molar-refractivity contribution in [2.24, 2.45) is 5.92 Å². The van der Waals surface area contributed by atoms with E-state index in [1.54, 1.807) is 0 Å². The number of rotatable bonds is 1. The molecule has 0 radical (unpaired) electrons. The molecule has 0 bridgehead atoms. The first-order valence-electron chi connectivity index (χ1n) is 4.02. The van der Waals surface area contributed by atoms with Crippen LogP contribution in [0.5, 0.6) is 0 Å². The summed E-state index contributed by atoms with van der Waals surface area (Å²) in [5.74, 6) is 0.737. The van der Waals surface area contributed by atoms with Gasteiger partial charge in [0.25, 0.3) is 0 Å². The smallest absolute Gasteiger partial charge is 0.0171 e. The van der Waals surface area contributed by atoms with Gasteiger partial charge in [0.2, 0.25) is 0 Å². The van der Waals surface area contributed by atoms with Crippen LogP contribution in [0.3, 0.4) is 0 Å². The van der Waals surface area contributed by atoms with Crippen LogP contribution in [-0.2, 0) is 0 Å². The van der Waals surface area contributed by atoms with E-state index in [2.05, 4.69) is 20.1 Å². The second-order valence-corrected chi connectivity index (χ2v) is 3.39. The van der Waals surface area contributed by atoms with Gasteiger partial charge in [0.15, 0.2) is 0 Å². The van der Waals surface area contributed by atoms with Gasteiger partial charge in [-0.2, -0.15) is 0 Å². The van der Waals surface area contributed by atoms with Crippen LogP contribution in [0, 0.1) is 5.92 Å². The minimum absolute atomic E-state index is 0.737. The lowest BCUT2D eigenvalue weighted by atomic mass is 9.83. The van der Waals surface area contributed by atoms with E-state index >= 15 is 0 Å². The molecular weight excluding hydrogens is 120 g/mol. The van der Waals surface area contributed by atoms with Crippen LogP contribution in [0.2, 0.25) is 0 Å². The Morgan fingerprint density at radius 1 is 1.60 bits per heavy atom. The van der Waals surface area contributed by atoms with Crippen molar-refractivity contribution < 1.29 is 0 Å². The first-order chi connectivity index (χ1) is 4.70. The molecule has 1 rings (SSSR count). The Bertz CT molecular complexity index is 151. The first kappa shape index (κ1) is 7.59. The van der Waals surface area contributed by atoms with Crippen molar-refractivity contribution in [3.63, 3.8) is 0 Å². The number of allylic oxidation sites excluding steroid dienone is 2. The van der Waals surface area contributed by atoms with Gasteiger partial charge in [-0.05, 0) is 38.5 Å². The molecule has 0 aromatic carbocycles. The molecule has 1 fully saturated rings. The summed E-state index contributed by atoms with van der Waals surface area (Å²) >= 11 is 0. The summed E-state index contributed by atoms with van der Waals surface area (Å²) in [6.07, 6.45) is 5.07. The van der Waals surface area contributed by atoms with Gasteiger partial charge in [0, 0.05) is 0 Å². The zero-order valence-electron chi connectivity index (χ0n) is 6.82. The van der Waals surface area contributed by atoms with Crippen molar-refractivity contribution in [2.75, 3.05) is 0 Å². The van der Waals surface area contributed by atoms with Crippen LogP contribution in [0.15, 0.2) is 24.3 Å². The Balaban J connectivity index is 2.47. The van der Waals surface area contributed by atoms with E-state index in [0.717, 1.165) is 5.92 Å². The van der Waals surface area contributed by atoms with Crippen molar-refractivity contribution in [1.82, 2.24) is 0 Å². The fraction of sp³-hybridized carbons (Fsp3) is 0.600. The summed E-state index contributed by atoms with van der Waals surface area (Å²) in [5, 5.41) is 0. The van der Waals surface area contributed by atoms with E-state index in [9.17, 15) is 0 Å². The van der Waals surface area contributed by atoms with Crippen molar-refractivity contribution in [3.8, 4) is 0 Å². The lowest BCUT2D eigenvalue weighted by Crippen LogP contribution is -2.08. The predicted molar refractivity (Wildman–Crippen MR) is 45.9 cm³/mol. The van der Waals surface area contributed by atoms with Crippen LogP contribution < -0.4 is 0 Å². The highest BCUT2D eigenvalue weighted by atomic mass is 14.2. The summed E-state index contributed by atoms with van der Waals surface area (Å²) in [6.45, 7) is 10.1. The quantitative estimate of drug-likeness (QED) is 0.485. The Kier molecular flexibility index (Phi) is 2.31. The normalized spacial score (nSPS) is 26.5. The molecule has 0 spiro atoms. The lowest BCUT2D eigenvalue weighted by Gasteiger charge is -2.23. The van der Waals surface area contributed by atoms with Gasteiger partial charge in [-0.1, -0.05) is 24.3 Å².